The Morgan fingerprint density at radius 3 is 2.58 bits per heavy atom. The molecule has 2 rings (SSSR count). The van der Waals surface area contributed by atoms with Crippen LogP contribution in [0.1, 0.15) is 0 Å². The fourth-order valence-electron chi connectivity index (χ4n) is 2.14. The van der Waals surface area contributed by atoms with Crippen molar-refractivity contribution >= 4 is 23.4 Å². The first kappa shape index (κ1) is 18.3. The van der Waals surface area contributed by atoms with Gasteiger partial charge >= 0.3 is 0 Å². The standard InChI is InChI=1S/C18H21FN2O2S/c1-21(11-12-24-17-6-4-3-5-16(17)19)13-18(22)20-14-7-9-15(23-2)10-8-14/h3-10H,11-13H2,1-2H3,(H,20,22)/p+1. The van der Waals surface area contributed by atoms with E-state index >= 15 is 0 Å². The van der Waals surface area contributed by atoms with Crippen LogP contribution in [0.15, 0.2) is 53.4 Å². The Kier molecular flexibility index (Phi) is 7.08. The third-order valence-corrected chi connectivity index (χ3v) is 4.51. The highest BCUT2D eigenvalue weighted by atomic mass is 32.2. The number of likely N-dealkylation sites (N-methyl/N-ethyl adjacent to an activating group) is 1. The largest absolute Gasteiger partial charge is 0.497 e. The summed E-state index contributed by atoms with van der Waals surface area (Å²) >= 11 is 1.47. The van der Waals surface area contributed by atoms with Gasteiger partial charge in [0.15, 0.2) is 6.54 Å². The van der Waals surface area contributed by atoms with Crippen molar-refractivity contribution in [1.82, 2.24) is 0 Å². The Balaban J connectivity index is 1.72. The third-order valence-electron chi connectivity index (χ3n) is 3.46. The molecule has 24 heavy (non-hydrogen) atoms. The lowest BCUT2D eigenvalue weighted by atomic mass is 10.3. The molecule has 2 aromatic carbocycles. The molecule has 0 radical (unpaired) electrons. The van der Waals surface area contributed by atoms with E-state index in [0.717, 1.165) is 28.6 Å². The van der Waals surface area contributed by atoms with Crippen LogP contribution in [0.5, 0.6) is 5.75 Å². The molecule has 0 aromatic heterocycles. The van der Waals surface area contributed by atoms with Gasteiger partial charge in [-0.05, 0) is 36.4 Å². The van der Waals surface area contributed by atoms with Gasteiger partial charge in [-0.25, -0.2) is 4.39 Å². The number of nitrogens with one attached hydrogen (secondary N) is 2. The molecule has 4 nitrogen and oxygen atoms in total. The molecule has 0 aliphatic heterocycles. The van der Waals surface area contributed by atoms with Crippen molar-refractivity contribution in [2.75, 3.05) is 38.3 Å². The number of methoxy groups -OCH3 is 1. The van der Waals surface area contributed by atoms with E-state index in [0.29, 0.717) is 11.4 Å². The number of quaternary nitrogens is 1. The smallest absolute Gasteiger partial charge is 0.279 e. The molecule has 0 bridgehead atoms. The predicted octanol–water partition coefficient (Wildman–Crippen LogP) is 2.08. The highest BCUT2D eigenvalue weighted by molar-refractivity contribution is 7.99. The van der Waals surface area contributed by atoms with Crippen molar-refractivity contribution in [2.24, 2.45) is 0 Å². The number of amides is 1. The van der Waals surface area contributed by atoms with Crippen LogP contribution in [0.3, 0.4) is 0 Å². The molecule has 1 amide bonds. The van der Waals surface area contributed by atoms with Crippen molar-refractivity contribution < 1.29 is 18.8 Å². The first-order valence-electron chi connectivity index (χ1n) is 7.71. The Labute approximate surface area is 146 Å². The maximum Gasteiger partial charge on any atom is 0.279 e. The quantitative estimate of drug-likeness (QED) is 0.717. The summed E-state index contributed by atoms with van der Waals surface area (Å²) in [5.41, 5.74) is 0.745. The minimum Gasteiger partial charge on any atom is -0.497 e. The van der Waals surface area contributed by atoms with Crippen LogP contribution in [-0.2, 0) is 4.79 Å². The monoisotopic (exact) mass is 349 g/mol. The number of halogens is 1. The lowest BCUT2D eigenvalue weighted by Gasteiger charge is -2.14. The lowest BCUT2D eigenvalue weighted by Crippen LogP contribution is -3.10. The molecule has 6 heteroatoms. The minimum atomic E-state index is -0.197. The summed E-state index contributed by atoms with van der Waals surface area (Å²) in [7, 11) is 3.56. The summed E-state index contributed by atoms with van der Waals surface area (Å²) in [6.07, 6.45) is 0. The number of hydrogen-bond acceptors (Lipinski definition) is 3. The molecular weight excluding hydrogens is 327 g/mol. The zero-order chi connectivity index (χ0) is 17.4. The number of hydrogen-bond donors (Lipinski definition) is 2. The van der Waals surface area contributed by atoms with Crippen molar-refractivity contribution in [3.63, 3.8) is 0 Å². The van der Waals surface area contributed by atoms with Gasteiger partial charge in [-0.2, -0.15) is 0 Å². The topological polar surface area (TPSA) is 42.8 Å². The van der Waals surface area contributed by atoms with Crippen molar-refractivity contribution in [3.05, 3.63) is 54.3 Å². The van der Waals surface area contributed by atoms with Gasteiger partial charge in [0.25, 0.3) is 5.91 Å². The fourth-order valence-corrected chi connectivity index (χ4v) is 3.19. The van der Waals surface area contributed by atoms with E-state index < -0.39 is 0 Å². The maximum absolute atomic E-state index is 13.5. The Bertz CT molecular complexity index is 664. The molecule has 0 aliphatic rings. The normalized spacial score (nSPS) is 11.8. The summed E-state index contributed by atoms with van der Waals surface area (Å²) < 4.78 is 18.6. The molecule has 2 aromatic rings. The first-order valence-corrected chi connectivity index (χ1v) is 8.69. The van der Waals surface area contributed by atoms with Gasteiger partial charge in [-0.3, -0.25) is 4.79 Å². The van der Waals surface area contributed by atoms with Gasteiger partial charge in [0.2, 0.25) is 0 Å². The van der Waals surface area contributed by atoms with Crippen LogP contribution in [-0.4, -0.2) is 38.9 Å². The zero-order valence-electron chi connectivity index (χ0n) is 13.8. The zero-order valence-corrected chi connectivity index (χ0v) is 14.7. The number of carbonyl (C=O) groups excluding carboxylic acids is 1. The molecular formula is C18H22FN2O2S+. The molecule has 0 heterocycles. The van der Waals surface area contributed by atoms with Gasteiger partial charge in [-0.15, -0.1) is 11.8 Å². The van der Waals surface area contributed by atoms with E-state index in [1.54, 1.807) is 43.5 Å². The van der Waals surface area contributed by atoms with Crippen molar-refractivity contribution in [3.8, 4) is 5.75 Å². The van der Waals surface area contributed by atoms with Crippen LogP contribution in [0.4, 0.5) is 10.1 Å². The molecule has 128 valence electrons. The van der Waals surface area contributed by atoms with E-state index in [2.05, 4.69) is 5.32 Å². The molecule has 0 saturated heterocycles. The summed E-state index contributed by atoms with van der Waals surface area (Å²) in [6.45, 7) is 1.14. The highest BCUT2D eigenvalue weighted by Gasteiger charge is 2.11. The van der Waals surface area contributed by atoms with E-state index in [1.807, 2.05) is 13.1 Å². The van der Waals surface area contributed by atoms with E-state index in [9.17, 15) is 9.18 Å². The second kappa shape index (κ2) is 9.30. The van der Waals surface area contributed by atoms with E-state index in [4.69, 9.17) is 4.74 Å². The van der Waals surface area contributed by atoms with Crippen molar-refractivity contribution in [1.29, 1.82) is 0 Å². The minimum absolute atomic E-state index is 0.0476. The van der Waals surface area contributed by atoms with Crippen LogP contribution < -0.4 is 15.0 Å². The molecule has 1 unspecified atom stereocenters. The van der Waals surface area contributed by atoms with Gasteiger partial charge < -0.3 is 15.0 Å². The molecule has 0 saturated carbocycles. The predicted molar refractivity (Wildman–Crippen MR) is 95.4 cm³/mol. The number of thioether (sulfide) groups is 1. The summed E-state index contributed by atoms with van der Waals surface area (Å²) in [6, 6.07) is 14.0. The second-order valence-electron chi connectivity index (χ2n) is 5.44. The highest BCUT2D eigenvalue weighted by Crippen LogP contribution is 2.20. The summed E-state index contributed by atoms with van der Waals surface area (Å²) in [5.74, 6) is 1.26. The average Bonchev–Trinajstić information content (AvgIpc) is 2.57. The number of rotatable bonds is 8. The molecule has 2 N–H and O–H groups in total. The fraction of sp³-hybridized carbons (Fsp3) is 0.278. The van der Waals surface area contributed by atoms with Gasteiger partial charge in [0.1, 0.15) is 11.6 Å². The molecule has 1 atom stereocenters. The van der Waals surface area contributed by atoms with Gasteiger partial charge in [0, 0.05) is 16.3 Å². The first-order chi connectivity index (χ1) is 11.6. The van der Waals surface area contributed by atoms with E-state index in [1.165, 1.54) is 17.8 Å². The summed E-state index contributed by atoms with van der Waals surface area (Å²) in [4.78, 5) is 13.8. The Morgan fingerprint density at radius 1 is 1.21 bits per heavy atom. The number of benzene rings is 2. The summed E-state index contributed by atoms with van der Waals surface area (Å²) in [5, 5.41) is 2.86. The average molecular weight is 349 g/mol. The van der Waals surface area contributed by atoms with Crippen molar-refractivity contribution in [2.45, 2.75) is 4.90 Å². The van der Waals surface area contributed by atoms with Crippen LogP contribution in [0.2, 0.25) is 0 Å². The SMILES string of the molecule is COc1ccc(NC(=O)C[NH+](C)CCSc2ccccc2F)cc1. The lowest BCUT2D eigenvalue weighted by molar-refractivity contribution is -0.868. The van der Waals surface area contributed by atoms with E-state index in [-0.39, 0.29) is 11.7 Å². The number of carbonyl (C=O) groups is 1. The van der Waals surface area contributed by atoms with Crippen LogP contribution in [0.25, 0.3) is 0 Å². The van der Waals surface area contributed by atoms with Gasteiger partial charge in [-0.1, -0.05) is 12.1 Å². The Morgan fingerprint density at radius 2 is 1.92 bits per heavy atom. The molecule has 0 fully saturated rings. The van der Waals surface area contributed by atoms with Crippen LogP contribution >= 0.6 is 11.8 Å². The van der Waals surface area contributed by atoms with Gasteiger partial charge in [0.05, 0.1) is 20.7 Å². The number of anilines is 1. The number of ether oxygens (including phenoxy) is 1. The maximum atomic E-state index is 13.5. The van der Waals surface area contributed by atoms with Crippen LogP contribution in [0, 0.1) is 5.82 Å². The molecule has 0 spiro atoms. The third kappa shape index (κ3) is 5.86. The second-order valence-corrected chi connectivity index (χ2v) is 6.58. The Hall–Kier alpha value is -2.05. The molecule has 0 aliphatic carbocycles.